The van der Waals surface area contributed by atoms with E-state index in [-0.39, 0.29) is 6.04 Å². The van der Waals surface area contributed by atoms with E-state index in [4.69, 9.17) is 0 Å². The molecule has 1 atom stereocenters. The maximum Gasteiger partial charge on any atom is 0.223 e. The molecular weight excluding hydrogens is 326 g/mol. The lowest BCUT2D eigenvalue weighted by atomic mass is 10.1. The molecule has 1 aromatic heterocycles. The highest BCUT2D eigenvalue weighted by Crippen LogP contribution is 2.28. The Morgan fingerprint density at radius 2 is 2.08 bits per heavy atom. The second-order valence-corrected chi connectivity index (χ2v) is 6.66. The summed E-state index contributed by atoms with van der Waals surface area (Å²) in [7, 11) is 1.93. The summed E-state index contributed by atoms with van der Waals surface area (Å²) in [6.07, 6.45) is 5.97. The van der Waals surface area contributed by atoms with Crippen molar-refractivity contribution in [2.75, 3.05) is 36.9 Å². The molecule has 132 valence electrons. The molecule has 0 bridgehead atoms. The van der Waals surface area contributed by atoms with Gasteiger partial charge >= 0.3 is 0 Å². The van der Waals surface area contributed by atoms with E-state index in [1.54, 1.807) is 6.20 Å². The highest BCUT2D eigenvalue weighted by Gasteiger charge is 2.18. The third-order valence-electron chi connectivity index (χ3n) is 4.73. The minimum atomic E-state index is 0.0995. The maximum atomic E-state index is 9.58. The molecule has 0 spiro atoms. The van der Waals surface area contributed by atoms with E-state index in [2.05, 4.69) is 31.4 Å². The highest BCUT2D eigenvalue weighted by molar-refractivity contribution is 5.72. The lowest BCUT2D eigenvalue weighted by Crippen LogP contribution is -2.27. The molecule has 0 amide bonds. The zero-order chi connectivity index (χ0) is 17.9. The third kappa shape index (κ3) is 3.31. The fourth-order valence-corrected chi connectivity index (χ4v) is 3.43. The number of likely N-dealkylation sites (N-methyl/N-ethyl adjacent to an activating group) is 1. The largest absolute Gasteiger partial charge is 0.370 e. The van der Waals surface area contributed by atoms with Crippen LogP contribution >= 0.6 is 0 Å². The van der Waals surface area contributed by atoms with Gasteiger partial charge in [0.1, 0.15) is 6.07 Å². The first-order chi connectivity index (χ1) is 12.7. The molecule has 1 saturated heterocycles. The van der Waals surface area contributed by atoms with Crippen molar-refractivity contribution < 1.29 is 0 Å². The van der Waals surface area contributed by atoms with Crippen LogP contribution in [0.15, 0.2) is 35.6 Å². The molecule has 1 fully saturated rings. The van der Waals surface area contributed by atoms with Gasteiger partial charge in [-0.25, -0.2) is 9.97 Å². The van der Waals surface area contributed by atoms with Crippen LogP contribution in [0.4, 0.5) is 11.6 Å². The van der Waals surface area contributed by atoms with Gasteiger partial charge in [0, 0.05) is 38.1 Å². The standard InChI is InChI=1S/C19H21N7/c1-25-13-16(12-22-25)23-19-21-7-6-17(24-19)14-4-5-18(15(10-14)11-20)26-8-2-3-9-26/h4-7,10,12,16H,2-3,8-9,13H2,1H3,(H,21,23,24). The number of nitriles is 1. The molecule has 7 nitrogen and oxygen atoms in total. The van der Waals surface area contributed by atoms with Crippen LogP contribution in [0.25, 0.3) is 11.3 Å². The Morgan fingerprint density at radius 1 is 1.23 bits per heavy atom. The maximum absolute atomic E-state index is 9.58. The molecule has 4 rings (SSSR count). The predicted molar refractivity (Wildman–Crippen MR) is 102 cm³/mol. The molecule has 0 aliphatic carbocycles. The van der Waals surface area contributed by atoms with Crippen molar-refractivity contribution in [1.82, 2.24) is 15.0 Å². The fraction of sp³-hybridized carbons (Fsp3) is 0.368. The lowest BCUT2D eigenvalue weighted by molar-refractivity contribution is 0.385. The van der Waals surface area contributed by atoms with E-state index < -0.39 is 0 Å². The molecule has 0 radical (unpaired) electrons. The van der Waals surface area contributed by atoms with Gasteiger partial charge in [-0.1, -0.05) is 6.07 Å². The van der Waals surface area contributed by atoms with Crippen molar-refractivity contribution in [1.29, 1.82) is 5.26 Å². The van der Waals surface area contributed by atoms with E-state index >= 15 is 0 Å². The summed E-state index contributed by atoms with van der Waals surface area (Å²) in [6, 6.07) is 10.3. The smallest absolute Gasteiger partial charge is 0.223 e. The molecule has 7 heteroatoms. The first-order valence-electron chi connectivity index (χ1n) is 8.87. The average molecular weight is 347 g/mol. The van der Waals surface area contributed by atoms with E-state index in [1.807, 2.05) is 42.5 Å². The minimum Gasteiger partial charge on any atom is -0.370 e. The normalized spacial score (nSPS) is 19.0. The Morgan fingerprint density at radius 3 is 2.81 bits per heavy atom. The molecule has 3 heterocycles. The van der Waals surface area contributed by atoms with Crippen LogP contribution in [0.3, 0.4) is 0 Å². The summed E-state index contributed by atoms with van der Waals surface area (Å²) in [5.74, 6) is 0.566. The van der Waals surface area contributed by atoms with Gasteiger partial charge < -0.3 is 10.2 Å². The SMILES string of the molecule is CN1CC(Nc2nccc(-c3ccc(N4CCCC4)c(C#N)c3)n2)C=N1. The van der Waals surface area contributed by atoms with Crippen molar-refractivity contribution in [3.8, 4) is 17.3 Å². The summed E-state index contributed by atoms with van der Waals surface area (Å²) >= 11 is 0. The van der Waals surface area contributed by atoms with Gasteiger partial charge in [-0.2, -0.15) is 10.4 Å². The number of aromatic nitrogens is 2. The van der Waals surface area contributed by atoms with Crippen molar-refractivity contribution in [3.05, 3.63) is 36.0 Å². The van der Waals surface area contributed by atoms with Crippen LogP contribution in [0.5, 0.6) is 0 Å². The van der Waals surface area contributed by atoms with Gasteiger partial charge in [-0.15, -0.1) is 0 Å². The summed E-state index contributed by atoms with van der Waals surface area (Å²) < 4.78 is 0. The lowest BCUT2D eigenvalue weighted by Gasteiger charge is -2.19. The highest BCUT2D eigenvalue weighted by atomic mass is 15.5. The quantitative estimate of drug-likeness (QED) is 0.914. The average Bonchev–Trinajstić information content (AvgIpc) is 3.33. The second kappa shape index (κ2) is 7.00. The molecule has 1 N–H and O–H groups in total. The second-order valence-electron chi connectivity index (χ2n) is 6.66. The first-order valence-corrected chi connectivity index (χ1v) is 8.87. The number of hydrogen-bond donors (Lipinski definition) is 1. The summed E-state index contributed by atoms with van der Waals surface area (Å²) in [5, 5.41) is 18.9. The molecule has 1 unspecified atom stereocenters. The van der Waals surface area contributed by atoms with Crippen LogP contribution in [-0.2, 0) is 0 Å². The summed E-state index contributed by atoms with van der Waals surface area (Å²) in [6.45, 7) is 2.83. The van der Waals surface area contributed by atoms with E-state index in [0.717, 1.165) is 36.6 Å². The summed E-state index contributed by atoms with van der Waals surface area (Å²) in [4.78, 5) is 11.2. The molecule has 0 saturated carbocycles. The molecular formula is C19H21N7. The number of nitrogens with one attached hydrogen (secondary N) is 1. The van der Waals surface area contributed by atoms with Crippen LogP contribution in [0, 0.1) is 11.3 Å². The van der Waals surface area contributed by atoms with Crippen molar-refractivity contribution in [3.63, 3.8) is 0 Å². The van der Waals surface area contributed by atoms with Gasteiger partial charge in [0.15, 0.2) is 0 Å². The Hall–Kier alpha value is -3.14. The first kappa shape index (κ1) is 16.3. The van der Waals surface area contributed by atoms with Crippen molar-refractivity contribution in [2.45, 2.75) is 18.9 Å². The van der Waals surface area contributed by atoms with Crippen LogP contribution in [0.2, 0.25) is 0 Å². The number of hydrazone groups is 1. The van der Waals surface area contributed by atoms with Crippen molar-refractivity contribution >= 4 is 17.9 Å². The van der Waals surface area contributed by atoms with Gasteiger partial charge in [0.25, 0.3) is 0 Å². The van der Waals surface area contributed by atoms with Gasteiger partial charge in [-0.05, 0) is 31.0 Å². The van der Waals surface area contributed by atoms with Gasteiger partial charge in [0.05, 0.1) is 29.5 Å². The monoisotopic (exact) mass is 347 g/mol. The minimum absolute atomic E-state index is 0.0995. The van der Waals surface area contributed by atoms with Gasteiger partial charge in [0.2, 0.25) is 5.95 Å². The number of hydrogen-bond acceptors (Lipinski definition) is 7. The Kier molecular flexibility index (Phi) is 4.40. The Bertz CT molecular complexity index is 864. The Labute approximate surface area is 153 Å². The van der Waals surface area contributed by atoms with E-state index in [0.29, 0.717) is 11.5 Å². The zero-order valence-corrected chi connectivity index (χ0v) is 14.8. The topological polar surface area (TPSA) is 80.4 Å². The fourth-order valence-electron chi connectivity index (χ4n) is 3.43. The zero-order valence-electron chi connectivity index (χ0n) is 14.8. The molecule has 26 heavy (non-hydrogen) atoms. The predicted octanol–water partition coefficient (Wildman–Crippen LogP) is 2.33. The van der Waals surface area contributed by atoms with Crippen LogP contribution < -0.4 is 10.2 Å². The molecule has 2 aliphatic heterocycles. The molecule has 1 aromatic carbocycles. The number of rotatable bonds is 4. The van der Waals surface area contributed by atoms with Crippen molar-refractivity contribution in [2.24, 2.45) is 5.10 Å². The third-order valence-corrected chi connectivity index (χ3v) is 4.73. The van der Waals surface area contributed by atoms with Crippen LogP contribution in [0.1, 0.15) is 18.4 Å². The van der Waals surface area contributed by atoms with E-state index in [1.165, 1.54) is 12.8 Å². The number of anilines is 2. The summed E-state index contributed by atoms with van der Waals surface area (Å²) in [5.41, 5.74) is 3.44. The number of nitrogens with zero attached hydrogens (tertiary/aromatic N) is 6. The Balaban J connectivity index is 1.58. The van der Waals surface area contributed by atoms with E-state index in [9.17, 15) is 5.26 Å². The van der Waals surface area contributed by atoms with Gasteiger partial charge in [-0.3, -0.25) is 5.01 Å². The molecule has 2 aliphatic rings. The number of benzene rings is 1. The molecule has 2 aromatic rings. The van der Waals surface area contributed by atoms with Crippen LogP contribution in [-0.4, -0.2) is 53.9 Å².